The Labute approximate surface area is 215 Å². The third-order valence-electron chi connectivity index (χ3n) is 5.11. The maximum atomic E-state index is 13.0. The summed E-state index contributed by atoms with van der Waals surface area (Å²) in [5.74, 6) is 0. The third kappa shape index (κ3) is 6.76. The molecule has 0 aliphatic carbocycles. The van der Waals surface area contributed by atoms with Crippen LogP contribution in [0.4, 0.5) is 4.79 Å². The molecule has 0 heterocycles. The lowest BCUT2D eigenvalue weighted by molar-refractivity contribution is 0.0417. The molecule has 2 atom stereocenters. The zero-order valence-electron chi connectivity index (χ0n) is 19.7. The maximum Gasteiger partial charge on any atom is 0.408 e. The summed E-state index contributed by atoms with van der Waals surface area (Å²) in [6.07, 6.45) is -1.17. The molecule has 3 aromatic carbocycles. The largest absolute Gasteiger partial charge is 0.444 e. The van der Waals surface area contributed by atoms with E-state index in [9.17, 15) is 18.3 Å². The van der Waals surface area contributed by atoms with Crippen LogP contribution >= 0.6 is 23.2 Å². The lowest BCUT2D eigenvalue weighted by Gasteiger charge is -2.29. The molecule has 0 fully saturated rings. The number of amides is 1. The van der Waals surface area contributed by atoms with Crippen molar-refractivity contribution in [1.82, 2.24) is 5.32 Å². The quantitative estimate of drug-likeness (QED) is 0.382. The van der Waals surface area contributed by atoms with Crippen molar-refractivity contribution in [1.29, 1.82) is 0 Å². The predicted molar refractivity (Wildman–Crippen MR) is 139 cm³/mol. The SMILES string of the molecule is CC(C)(C)OC(=O)NC(c1ccc(Cl)c(Cl)c1)C(O)c1cccc(-c2ccccc2)c1S(C)(=O)=O. The Bertz CT molecular complexity index is 1320. The van der Waals surface area contributed by atoms with Gasteiger partial charge in [0.25, 0.3) is 0 Å². The Balaban J connectivity index is 2.17. The van der Waals surface area contributed by atoms with E-state index in [4.69, 9.17) is 27.9 Å². The fourth-order valence-electron chi connectivity index (χ4n) is 3.71. The van der Waals surface area contributed by atoms with Crippen molar-refractivity contribution in [3.8, 4) is 11.1 Å². The molecule has 1 amide bonds. The monoisotopic (exact) mass is 535 g/mol. The summed E-state index contributed by atoms with van der Waals surface area (Å²) >= 11 is 12.3. The van der Waals surface area contributed by atoms with Crippen LogP contribution in [0, 0.1) is 0 Å². The van der Waals surface area contributed by atoms with Gasteiger partial charge < -0.3 is 15.2 Å². The number of halogens is 2. The van der Waals surface area contributed by atoms with Crippen LogP contribution in [-0.4, -0.2) is 31.5 Å². The number of hydrogen-bond acceptors (Lipinski definition) is 5. The summed E-state index contributed by atoms with van der Waals surface area (Å²) in [6, 6.07) is 17.4. The lowest BCUT2D eigenvalue weighted by Crippen LogP contribution is -2.37. The average molecular weight is 536 g/mol. The number of carbonyl (C=O) groups excluding carboxylic acids is 1. The second kappa shape index (κ2) is 10.6. The van der Waals surface area contributed by atoms with Crippen LogP contribution in [0.3, 0.4) is 0 Å². The minimum Gasteiger partial charge on any atom is -0.444 e. The van der Waals surface area contributed by atoms with Crippen LogP contribution in [0.2, 0.25) is 10.0 Å². The van der Waals surface area contributed by atoms with Crippen molar-refractivity contribution in [3.05, 3.63) is 87.9 Å². The number of alkyl carbamates (subject to hydrolysis) is 1. The molecule has 6 nitrogen and oxygen atoms in total. The summed E-state index contributed by atoms with van der Waals surface area (Å²) < 4.78 is 31.3. The van der Waals surface area contributed by atoms with Gasteiger partial charge in [0.05, 0.1) is 21.0 Å². The number of ether oxygens (including phenoxy) is 1. The van der Waals surface area contributed by atoms with Gasteiger partial charge in [-0.1, -0.05) is 77.8 Å². The van der Waals surface area contributed by atoms with E-state index in [2.05, 4.69) is 5.32 Å². The number of aliphatic hydroxyl groups is 1. The van der Waals surface area contributed by atoms with Gasteiger partial charge in [-0.15, -0.1) is 0 Å². The van der Waals surface area contributed by atoms with E-state index >= 15 is 0 Å². The standard InChI is InChI=1S/C26H27Cl2NO5S/c1-26(2,3)34-25(31)29-22(17-13-14-20(27)21(28)15-17)23(30)19-12-8-11-18(24(19)35(4,32)33)16-9-6-5-7-10-16/h5-15,22-23,30H,1-4H3,(H,29,31). The highest BCUT2D eigenvalue weighted by Crippen LogP contribution is 2.39. The first-order chi connectivity index (χ1) is 16.3. The molecule has 186 valence electrons. The van der Waals surface area contributed by atoms with Gasteiger partial charge in [0.1, 0.15) is 11.7 Å². The molecule has 0 radical (unpaired) electrons. The molecule has 0 aliphatic heterocycles. The first-order valence-corrected chi connectivity index (χ1v) is 13.4. The van der Waals surface area contributed by atoms with Crippen LogP contribution in [-0.2, 0) is 14.6 Å². The topological polar surface area (TPSA) is 92.7 Å². The second-order valence-electron chi connectivity index (χ2n) is 9.10. The molecule has 9 heteroatoms. The average Bonchev–Trinajstić information content (AvgIpc) is 2.77. The fourth-order valence-corrected chi connectivity index (χ4v) is 5.22. The van der Waals surface area contributed by atoms with E-state index in [1.807, 2.05) is 6.07 Å². The number of rotatable bonds is 6. The normalized spacial score (nSPS) is 13.7. The van der Waals surface area contributed by atoms with E-state index in [1.54, 1.807) is 63.2 Å². The Kier molecular flexibility index (Phi) is 8.17. The number of benzene rings is 3. The molecule has 0 saturated heterocycles. The van der Waals surface area contributed by atoms with Crippen LogP contribution < -0.4 is 5.32 Å². The molecule has 2 N–H and O–H groups in total. The van der Waals surface area contributed by atoms with Crippen molar-refractivity contribution < 1.29 is 23.1 Å². The van der Waals surface area contributed by atoms with E-state index in [1.165, 1.54) is 18.2 Å². The van der Waals surface area contributed by atoms with Crippen molar-refractivity contribution in [2.45, 2.75) is 43.4 Å². The molecular weight excluding hydrogens is 509 g/mol. The summed E-state index contributed by atoms with van der Waals surface area (Å²) in [5, 5.41) is 14.7. The number of nitrogens with one attached hydrogen (secondary N) is 1. The van der Waals surface area contributed by atoms with Gasteiger partial charge in [-0.05, 0) is 44.0 Å². The summed E-state index contributed by atoms with van der Waals surface area (Å²) in [4.78, 5) is 12.6. The molecule has 3 aromatic rings. The Hall–Kier alpha value is -2.58. The van der Waals surface area contributed by atoms with E-state index in [0.717, 1.165) is 6.26 Å². The predicted octanol–water partition coefficient (Wildman–Crippen LogP) is 6.36. The molecule has 35 heavy (non-hydrogen) atoms. The molecular formula is C26H27Cl2NO5S. The van der Waals surface area contributed by atoms with Crippen molar-refractivity contribution in [3.63, 3.8) is 0 Å². The molecule has 0 aromatic heterocycles. The van der Waals surface area contributed by atoms with Crippen molar-refractivity contribution in [2.24, 2.45) is 0 Å². The van der Waals surface area contributed by atoms with Gasteiger partial charge in [0.2, 0.25) is 0 Å². The first-order valence-electron chi connectivity index (χ1n) is 10.8. The van der Waals surface area contributed by atoms with Gasteiger partial charge in [0.15, 0.2) is 9.84 Å². The highest BCUT2D eigenvalue weighted by Gasteiger charge is 2.32. The summed E-state index contributed by atoms with van der Waals surface area (Å²) in [7, 11) is -3.80. The Morgan fingerprint density at radius 3 is 2.20 bits per heavy atom. The Morgan fingerprint density at radius 1 is 0.971 bits per heavy atom. The number of aliphatic hydroxyl groups excluding tert-OH is 1. The van der Waals surface area contributed by atoms with Crippen molar-refractivity contribution >= 4 is 39.1 Å². The van der Waals surface area contributed by atoms with E-state index in [-0.39, 0.29) is 15.5 Å². The molecule has 0 bridgehead atoms. The fraction of sp³-hybridized carbons (Fsp3) is 0.269. The number of sulfone groups is 1. The maximum absolute atomic E-state index is 13.0. The number of hydrogen-bond donors (Lipinski definition) is 2. The molecule has 0 spiro atoms. The van der Waals surface area contributed by atoms with Crippen LogP contribution in [0.15, 0.2) is 71.6 Å². The highest BCUT2D eigenvalue weighted by molar-refractivity contribution is 7.91. The molecule has 3 rings (SSSR count). The molecule has 2 unspecified atom stereocenters. The first kappa shape index (κ1) is 27.0. The van der Waals surface area contributed by atoms with Crippen molar-refractivity contribution in [2.75, 3.05) is 6.26 Å². The second-order valence-corrected chi connectivity index (χ2v) is 11.9. The van der Waals surface area contributed by atoms with Crippen LogP contribution in [0.1, 0.15) is 44.0 Å². The smallest absolute Gasteiger partial charge is 0.408 e. The van der Waals surface area contributed by atoms with Crippen LogP contribution in [0.25, 0.3) is 11.1 Å². The van der Waals surface area contributed by atoms with Gasteiger partial charge in [0, 0.05) is 17.4 Å². The van der Waals surface area contributed by atoms with E-state index < -0.39 is 33.7 Å². The summed E-state index contributed by atoms with van der Waals surface area (Å²) in [5.41, 5.74) is 0.869. The van der Waals surface area contributed by atoms with Gasteiger partial charge in [-0.25, -0.2) is 13.2 Å². The molecule has 0 saturated carbocycles. The minimum atomic E-state index is -3.80. The number of carbonyl (C=O) groups is 1. The third-order valence-corrected chi connectivity index (χ3v) is 7.05. The Morgan fingerprint density at radius 2 is 1.63 bits per heavy atom. The summed E-state index contributed by atoms with van der Waals surface area (Å²) in [6.45, 7) is 5.13. The van der Waals surface area contributed by atoms with Crippen LogP contribution in [0.5, 0.6) is 0 Å². The zero-order chi connectivity index (χ0) is 26.0. The van der Waals surface area contributed by atoms with Gasteiger partial charge >= 0.3 is 6.09 Å². The highest BCUT2D eigenvalue weighted by atomic mass is 35.5. The van der Waals surface area contributed by atoms with Gasteiger partial charge in [-0.3, -0.25) is 0 Å². The minimum absolute atomic E-state index is 0.0326. The lowest BCUT2D eigenvalue weighted by atomic mass is 9.93. The van der Waals surface area contributed by atoms with Gasteiger partial charge in [-0.2, -0.15) is 0 Å². The zero-order valence-corrected chi connectivity index (χ0v) is 22.1. The molecule has 0 aliphatic rings. The van der Waals surface area contributed by atoms with E-state index in [0.29, 0.717) is 21.7 Å².